The molecule has 2 aromatic carbocycles. The average molecular weight is 559 g/mol. The number of benzene rings is 2. The third-order valence-electron chi connectivity index (χ3n) is 6.58. The first-order chi connectivity index (χ1) is 18.9. The maximum absolute atomic E-state index is 11.7. The van der Waals surface area contributed by atoms with Crippen molar-refractivity contribution in [2.45, 2.75) is 64.2 Å². The van der Waals surface area contributed by atoms with Gasteiger partial charge in [-0.1, -0.05) is 38.5 Å². The van der Waals surface area contributed by atoms with E-state index in [9.17, 15) is 59.4 Å². The molecular weight excluding hydrogens is 528 g/mol. The van der Waals surface area contributed by atoms with Gasteiger partial charge in [0.1, 0.15) is 0 Å². The lowest BCUT2D eigenvalue weighted by Gasteiger charge is -2.13. The van der Waals surface area contributed by atoms with Crippen molar-refractivity contribution in [3.05, 3.63) is 68.8 Å². The Balaban J connectivity index is 1.87. The predicted octanol–water partition coefficient (Wildman–Crippen LogP) is 4.78. The van der Waals surface area contributed by atoms with E-state index in [1.54, 1.807) is 0 Å². The molecule has 0 spiro atoms. The van der Waals surface area contributed by atoms with E-state index in [4.69, 9.17) is 0 Å². The molecule has 12 heteroatoms. The lowest BCUT2D eigenvalue weighted by molar-refractivity contribution is 0.0647. The Labute approximate surface area is 228 Å². The van der Waals surface area contributed by atoms with E-state index in [0.29, 0.717) is 25.7 Å². The van der Waals surface area contributed by atoms with Gasteiger partial charge in [-0.15, -0.1) is 0 Å². The van der Waals surface area contributed by atoms with E-state index < -0.39 is 58.1 Å². The number of carboxylic acid groups (broad SMARTS) is 6. The molecule has 2 aromatic rings. The van der Waals surface area contributed by atoms with E-state index in [2.05, 4.69) is 0 Å². The molecule has 0 atom stereocenters. The van der Waals surface area contributed by atoms with Gasteiger partial charge in [0, 0.05) is 0 Å². The third-order valence-corrected chi connectivity index (χ3v) is 6.58. The van der Waals surface area contributed by atoms with Gasteiger partial charge >= 0.3 is 35.8 Å². The molecule has 0 saturated heterocycles. The average Bonchev–Trinajstić information content (AvgIpc) is 2.87. The number of carbonyl (C=O) groups is 6. The molecule has 0 amide bonds. The summed E-state index contributed by atoms with van der Waals surface area (Å²) in [6.45, 7) is 0. The molecule has 2 rings (SSSR count). The maximum atomic E-state index is 11.7. The maximum Gasteiger partial charge on any atom is 0.336 e. The molecule has 0 fully saturated rings. The van der Waals surface area contributed by atoms with Gasteiger partial charge in [-0.3, -0.25) is 0 Å². The Bertz CT molecular complexity index is 1220. The third kappa shape index (κ3) is 7.88. The van der Waals surface area contributed by atoms with Gasteiger partial charge in [-0.05, 0) is 61.1 Å². The molecule has 0 unspecified atom stereocenters. The van der Waals surface area contributed by atoms with Crippen LogP contribution in [0.25, 0.3) is 0 Å². The molecule has 12 nitrogen and oxygen atoms in total. The van der Waals surface area contributed by atoms with Crippen LogP contribution in [0.5, 0.6) is 0 Å². The number of rotatable bonds is 17. The standard InChI is InChI=1S/C28H30O12/c29-23(30)17-11-13-19(25(33)34)21(27(37)38)15(17)9-7-5-3-1-2-4-6-8-10-16-18(24(31)32)12-14-20(26(35)36)22(16)28(39)40/h11-14H,1-10H2,(H,29,30)(H,31,32)(H,33,34)(H,35,36)(H,37,38)(H,39,40). The van der Waals surface area contributed by atoms with Crippen molar-refractivity contribution in [2.75, 3.05) is 0 Å². The van der Waals surface area contributed by atoms with E-state index in [1.807, 2.05) is 0 Å². The Morgan fingerprint density at radius 1 is 0.375 bits per heavy atom. The van der Waals surface area contributed by atoms with Gasteiger partial charge in [0.25, 0.3) is 0 Å². The number of hydrogen-bond donors (Lipinski definition) is 6. The van der Waals surface area contributed by atoms with Gasteiger partial charge in [0.15, 0.2) is 0 Å². The van der Waals surface area contributed by atoms with E-state index in [-0.39, 0.29) is 35.1 Å². The van der Waals surface area contributed by atoms with Crippen LogP contribution in [0.4, 0.5) is 0 Å². The van der Waals surface area contributed by atoms with Crippen molar-refractivity contribution < 1.29 is 59.4 Å². The zero-order valence-corrected chi connectivity index (χ0v) is 21.5. The van der Waals surface area contributed by atoms with Crippen LogP contribution in [-0.4, -0.2) is 66.5 Å². The van der Waals surface area contributed by atoms with Crippen LogP contribution in [0.2, 0.25) is 0 Å². The first-order valence-electron chi connectivity index (χ1n) is 12.6. The van der Waals surface area contributed by atoms with E-state index in [0.717, 1.165) is 49.9 Å². The lowest BCUT2D eigenvalue weighted by Crippen LogP contribution is -2.16. The minimum atomic E-state index is -1.50. The largest absolute Gasteiger partial charge is 0.478 e. The quantitative estimate of drug-likeness (QED) is 0.144. The Morgan fingerprint density at radius 3 is 0.875 bits per heavy atom. The van der Waals surface area contributed by atoms with Crippen LogP contribution in [0.3, 0.4) is 0 Å². The number of unbranched alkanes of at least 4 members (excludes halogenated alkanes) is 7. The first kappa shape index (κ1) is 31.5. The summed E-state index contributed by atoms with van der Waals surface area (Å²) >= 11 is 0. The van der Waals surface area contributed by atoms with Gasteiger partial charge in [0.05, 0.1) is 33.4 Å². The second-order valence-electron chi connectivity index (χ2n) is 9.19. The van der Waals surface area contributed by atoms with Crippen molar-refractivity contribution in [3.8, 4) is 0 Å². The van der Waals surface area contributed by atoms with Gasteiger partial charge < -0.3 is 30.6 Å². The van der Waals surface area contributed by atoms with E-state index >= 15 is 0 Å². The molecule has 214 valence electrons. The molecule has 0 aromatic heterocycles. The number of carboxylic acids is 6. The molecule has 6 N–H and O–H groups in total. The highest BCUT2D eigenvalue weighted by atomic mass is 16.4. The fourth-order valence-electron chi connectivity index (χ4n) is 4.72. The van der Waals surface area contributed by atoms with Crippen LogP contribution in [0.15, 0.2) is 24.3 Å². The van der Waals surface area contributed by atoms with Crippen molar-refractivity contribution in [1.29, 1.82) is 0 Å². The fourth-order valence-corrected chi connectivity index (χ4v) is 4.72. The topological polar surface area (TPSA) is 224 Å². The summed E-state index contributed by atoms with van der Waals surface area (Å²) in [7, 11) is 0. The SMILES string of the molecule is O=C(O)c1ccc(C(=O)O)c(C(=O)O)c1CCCCCCCCCCc1c(C(=O)O)ccc(C(=O)O)c1C(=O)O. The smallest absolute Gasteiger partial charge is 0.336 e. The van der Waals surface area contributed by atoms with Crippen molar-refractivity contribution in [1.82, 2.24) is 0 Å². The first-order valence-corrected chi connectivity index (χ1v) is 12.6. The molecule has 0 aliphatic carbocycles. The molecule has 0 radical (unpaired) electrons. The fraction of sp³-hybridized carbons (Fsp3) is 0.357. The molecule has 0 bridgehead atoms. The second-order valence-corrected chi connectivity index (χ2v) is 9.19. The number of aromatic carboxylic acids is 6. The molecule has 0 heterocycles. The number of hydrogen-bond acceptors (Lipinski definition) is 6. The highest BCUT2D eigenvalue weighted by Gasteiger charge is 2.26. The molecule has 0 aliphatic heterocycles. The van der Waals surface area contributed by atoms with Crippen molar-refractivity contribution in [2.24, 2.45) is 0 Å². The van der Waals surface area contributed by atoms with Crippen LogP contribution in [0, 0.1) is 0 Å². The zero-order valence-electron chi connectivity index (χ0n) is 21.5. The predicted molar refractivity (Wildman–Crippen MR) is 139 cm³/mol. The molecule has 0 aliphatic rings. The van der Waals surface area contributed by atoms with Crippen LogP contribution < -0.4 is 0 Å². The minimum Gasteiger partial charge on any atom is -0.478 e. The Hall–Kier alpha value is -4.74. The second kappa shape index (κ2) is 14.4. The van der Waals surface area contributed by atoms with Gasteiger partial charge in [-0.2, -0.15) is 0 Å². The summed E-state index contributed by atoms with van der Waals surface area (Å²) in [4.78, 5) is 69.3. The van der Waals surface area contributed by atoms with Crippen LogP contribution in [-0.2, 0) is 12.8 Å². The van der Waals surface area contributed by atoms with Crippen LogP contribution >= 0.6 is 0 Å². The van der Waals surface area contributed by atoms with Crippen molar-refractivity contribution >= 4 is 35.8 Å². The summed E-state index contributed by atoms with van der Waals surface area (Å²) in [5.74, 6) is -8.59. The Morgan fingerprint density at radius 2 is 0.625 bits per heavy atom. The lowest BCUT2D eigenvalue weighted by atomic mass is 9.91. The van der Waals surface area contributed by atoms with Gasteiger partial charge in [0.2, 0.25) is 0 Å². The van der Waals surface area contributed by atoms with Crippen LogP contribution in [0.1, 0.15) is 125 Å². The summed E-state index contributed by atoms with van der Waals surface area (Å²) in [5, 5.41) is 56.4. The van der Waals surface area contributed by atoms with Crippen molar-refractivity contribution in [3.63, 3.8) is 0 Å². The monoisotopic (exact) mass is 558 g/mol. The summed E-state index contributed by atoms with van der Waals surface area (Å²) in [6, 6.07) is 4.16. The molecule has 0 saturated carbocycles. The minimum absolute atomic E-state index is 0.0201. The van der Waals surface area contributed by atoms with Gasteiger partial charge in [-0.25, -0.2) is 28.8 Å². The Kier molecular flexibility index (Phi) is 11.4. The summed E-state index contributed by atoms with van der Waals surface area (Å²) in [6.07, 6.45) is 5.55. The normalized spacial score (nSPS) is 10.7. The molecular formula is C28H30O12. The summed E-state index contributed by atoms with van der Waals surface area (Å²) < 4.78 is 0. The van der Waals surface area contributed by atoms with E-state index in [1.165, 1.54) is 0 Å². The summed E-state index contributed by atoms with van der Waals surface area (Å²) in [5.41, 5.74) is -2.48. The molecule has 40 heavy (non-hydrogen) atoms. The highest BCUT2D eigenvalue weighted by Crippen LogP contribution is 2.25. The highest BCUT2D eigenvalue weighted by molar-refractivity contribution is 6.06. The zero-order chi connectivity index (χ0) is 30.0.